The molecule has 4 nitrogen and oxygen atoms in total. The molecule has 1 fully saturated rings. The van der Waals surface area contributed by atoms with E-state index in [1.807, 2.05) is 0 Å². The van der Waals surface area contributed by atoms with Crippen LogP contribution in [0.15, 0.2) is 35.3 Å². The van der Waals surface area contributed by atoms with Gasteiger partial charge in [0.1, 0.15) is 0 Å². The molecule has 0 atom stereocenters. The maximum absolute atomic E-state index is 5.87. The normalized spacial score (nSPS) is 18.7. The highest BCUT2D eigenvalue weighted by Gasteiger charge is 2.15. The maximum Gasteiger partial charge on any atom is 0.191 e. The summed E-state index contributed by atoms with van der Waals surface area (Å²) in [6, 6.07) is 10.6. The summed E-state index contributed by atoms with van der Waals surface area (Å²) in [5.41, 5.74) is 7.25. The van der Waals surface area contributed by atoms with E-state index in [0.717, 1.165) is 39.1 Å². The predicted molar refractivity (Wildman–Crippen MR) is 75.5 cm³/mol. The van der Waals surface area contributed by atoms with Crippen molar-refractivity contribution in [3.8, 4) is 0 Å². The lowest BCUT2D eigenvalue weighted by atomic mass is 10.2. The average Bonchev–Trinajstić information content (AvgIpc) is 2.65. The Hall–Kier alpha value is -1.55. The molecule has 1 aromatic rings. The highest BCUT2D eigenvalue weighted by molar-refractivity contribution is 5.77. The third-order valence-electron chi connectivity index (χ3n) is 3.39. The molecule has 1 aliphatic rings. The van der Waals surface area contributed by atoms with Gasteiger partial charge < -0.3 is 10.6 Å². The molecule has 4 heteroatoms. The molecule has 1 heterocycles. The molecule has 0 unspecified atom stereocenters. The number of nitrogens with zero attached hydrogens (tertiary/aromatic N) is 3. The van der Waals surface area contributed by atoms with E-state index in [1.54, 1.807) is 7.05 Å². The zero-order valence-corrected chi connectivity index (χ0v) is 11.0. The second kappa shape index (κ2) is 6.40. The van der Waals surface area contributed by atoms with Gasteiger partial charge >= 0.3 is 0 Å². The Morgan fingerprint density at radius 3 is 2.67 bits per heavy atom. The van der Waals surface area contributed by atoms with E-state index in [-0.39, 0.29) is 0 Å². The van der Waals surface area contributed by atoms with Gasteiger partial charge in [-0.2, -0.15) is 0 Å². The molecular formula is C14H22N4. The fourth-order valence-corrected chi connectivity index (χ4v) is 2.34. The molecule has 1 aliphatic heterocycles. The Morgan fingerprint density at radius 2 is 1.94 bits per heavy atom. The van der Waals surface area contributed by atoms with Gasteiger partial charge in [0.05, 0.1) is 0 Å². The first kappa shape index (κ1) is 12.9. The van der Waals surface area contributed by atoms with Gasteiger partial charge in [-0.1, -0.05) is 30.3 Å². The molecule has 2 rings (SSSR count). The average molecular weight is 246 g/mol. The highest BCUT2D eigenvalue weighted by Crippen LogP contribution is 2.08. The smallest absolute Gasteiger partial charge is 0.191 e. The number of rotatable bonds is 2. The van der Waals surface area contributed by atoms with Crippen molar-refractivity contribution in [1.29, 1.82) is 0 Å². The Labute approximate surface area is 109 Å². The van der Waals surface area contributed by atoms with Crippen molar-refractivity contribution in [2.45, 2.75) is 13.0 Å². The van der Waals surface area contributed by atoms with Crippen molar-refractivity contribution in [1.82, 2.24) is 9.80 Å². The number of aliphatic imine (C=N–C) groups is 1. The lowest BCUT2D eigenvalue weighted by Gasteiger charge is -2.22. The molecule has 0 radical (unpaired) electrons. The molecule has 0 saturated carbocycles. The lowest BCUT2D eigenvalue weighted by Crippen LogP contribution is -2.39. The van der Waals surface area contributed by atoms with Crippen LogP contribution in [0, 0.1) is 0 Å². The quantitative estimate of drug-likeness (QED) is 0.628. The van der Waals surface area contributed by atoms with Crippen LogP contribution in [0.1, 0.15) is 12.0 Å². The summed E-state index contributed by atoms with van der Waals surface area (Å²) in [4.78, 5) is 8.72. The molecule has 2 N–H and O–H groups in total. The Kier molecular flexibility index (Phi) is 4.59. The molecular weight excluding hydrogens is 224 g/mol. The Balaban J connectivity index is 1.89. The van der Waals surface area contributed by atoms with Crippen LogP contribution in [-0.2, 0) is 6.54 Å². The highest BCUT2D eigenvalue weighted by atomic mass is 15.3. The minimum atomic E-state index is 0.663. The minimum Gasteiger partial charge on any atom is -0.370 e. The van der Waals surface area contributed by atoms with Crippen LogP contribution >= 0.6 is 0 Å². The van der Waals surface area contributed by atoms with E-state index < -0.39 is 0 Å². The van der Waals surface area contributed by atoms with Gasteiger partial charge in [0, 0.05) is 39.8 Å². The predicted octanol–water partition coefficient (Wildman–Crippen LogP) is 1.14. The fraction of sp³-hybridized carbons (Fsp3) is 0.500. The van der Waals surface area contributed by atoms with Crippen LogP contribution in [0.5, 0.6) is 0 Å². The first-order valence-electron chi connectivity index (χ1n) is 6.53. The van der Waals surface area contributed by atoms with Gasteiger partial charge in [-0.15, -0.1) is 0 Å². The molecule has 0 aromatic heterocycles. The van der Waals surface area contributed by atoms with Crippen molar-refractivity contribution >= 4 is 5.96 Å². The van der Waals surface area contributed by atoms with Crippen molar-refractivity contribution in [3.63, 3.8) is 0 Å². The topological polar surface area (TPSA) is 44.9 Å². The number of guanidine groups is 1. The van der Waals surface area contributed by atoms with Crippen LogP contribution in [0.25, 0.3) is 0 Å². The molecule has 0 bridgehead atoms. The van der Waals surface area contributed by atoms with Gasteiger partial charge in [-0.05, 0) is 12.0 Å². The number of hydrogen-bond donors (Lipinski definition) is 1. The second-order valence-corrected chi connectivity index (χ2v) is 4.68. The first-order valence-corrected chi connectivity index (χ1v) is 6.53. The molecule has 0 amide bonds. The zero-order valence-electron chi connectivity index (χ0n) is 11.0. The maximum atomic E-state index is 5.87. The standard InChI is InChI=1S/C14H22N4/c1-16-14(15)18-9-5-8-17(10-11-18)12-13-6-3-2-4-7-13/h2-4,6-7H,5,8-12H2,1H3,(H2,15,16). The van der Waals surface area contributed by atoms with Gasteiger partial charge in [0.2, 0.25) is 0 Å². The number of nitrogens with two attached hydrogens (primary N) is 1. The van der Waals surface area contributed by atoms with Crippen LogP contribution in [0.3, 0.4) is 0 Å². The molecule has 0 aliphatic carbocycles. The van der Waals surface area contributed by atoms with Gasteiger partial charge in [-0.3, -0.25) is 9.89 Å². The van der Waals surface area contributed by atoms with Gasteiger partial charge in [-0.25, -0.2) is 0 Å². The summed E-state index contributed by atoms with van der Waals surface area (Å²) in [5.74, 6) is 0.663. The molecule has 18 heavy (non-hydrogen) atoms. The molecule has 98 valence electrons. The van der Waals surface area contributed by atoms with Crippen LogP contribution in [-0.4, -0.2) is 49.0 Å². The lowest BCUT2D eigenvalue weighted by molar-refractivity contribution is 0.277. The van der Waals surface area contributed by atoms with E-state index in [1.165, 1.54) is 5.56 Å². The second-order valence-electron chi connectivity index (χ2n) is 4.68. The third-order valence-corrected chi connectivity index (χ3v) is 3.39. The fourth-order valence-electron chi connectivity index (χ4n) is 2.34. The van der Waals surface area contributed by atoms with Crippen molar-refractivity contribution < 1.29 is 0 Å². The van der Waals surface area contributed by atoms with E-state index in [2.05, 4.69) is 45.1 Å². The third kappa shape index (κ3) is 3.47. The van der Waals surface area contributed by atoms with Crippen molar-refractivity contribution in [2.75, 3.05) is 33.2 Å². The van der Waals surface area contributed by atoms with Crippen LogP contribution < -0.4 is 5.73 Å². The monoisotopic (exact) mass is 246 g/mol. The SMILES string of the molecule is CN=C(N)N1CCCN(Cc2ccccc2)CC1. The van der Waals surface area contributed by atoms with Gasteiger partial charge in [0.15, 0.2) is 5.96 Å². The van der Waals surface area contributed by atoms with Gasteiger partial charge in [0.25, 0.3) is 0 Å². The van der Waals surface area contributed by atoms with E-state index in [0.29, 0.717) is 5.96 Å². The van der Waals surface area contributed by atoms with E-state index in [4.69, 9.17) is 5.73 Å². The van der Waals surface area contributed by atoms with Crippen molar-refractivity contribution in [2.24, 2.45) is 10.7 Å². The van der Waals surface area contributed by atoms with Crippen molar-refractivity contribution in [3.05, 3.63) is 35.9 Å². The van der Waals surface area contributed by atoms with Crippen LogP contribution in [0.4, 0.5) is 0 Å². The number of benzene rings is 1. The number of hydrogen-bond acceptors (Lipinski definition) is 2. The first-order chi connectivity index (χ1) is 8.79. The zero-order chi connectivity index (χ0) is 12.8. The molecule has 0 spiro atoms. The summed E-state index contributed by atoms with van der Waals surface area (Å²) in [6.07, 6.45) is 1.14. The summed E-state index contributed by atoms with van der Waals surface area (Å²) in [6.45, 7) is 5.18. The largest absolute Gasteiger partial charge is 0.370 e. The van der Waals surface area contributed by atoms with E-state index >= 15 is 0 Å². The molecule has 1 aromatic carbocycles. The summed E-state index contributed by atoms with van der Waals surface area (Å²) in [5, 5.41) is 0. The van der Waals surface area contributed by atoms with Crippen LogP contribution in [0.2, 0.25) is 0 Å². The Bertz CT molecular complexity index is 388. The van der Waals surface area contributed by atoms with E-state index in [9.17, 15) is 0 Å². The Morgan fingerprint density at radius 1 is 1.17 bits per heavy atom. The summed E-state index contributed by atoms with van der Waals surface area (Å²) < 4.78 is 0. The summed E-state index contributed by atoms with van der Waals surface area (Å²) in [7, 11) is 1.75. The minimum absolute atomic E-state index is 0.663. The summed E-state index contributed by atoms with van der Waals surface area (Å²) >= 11 is 0. The molecule has 1 saturated heterocycles.